The van der Waals surface area contributed by atoms with Crippen molar-refractivity contribution >= 4 is 17.2 Å². The highest BCUT2D eigenvalue weighted by molar-refractivity contribution is 7.80. The average Bonchev–Trinajstić information content (AvgIpc) is 3.30. The molecule has 0 saturated carbocycles. The number of nitrogens with two attached hydrogens (primary N) is 1. The van der Waals surface area contributed by atoms with Crippen molar-refractivity contribution in [2.24, 2.45) is 11.7 Å². The van der Waals surface area contributed by atoms with Gasteiger partial charge in [-0.25, -0.2) is 4.98 Å². The summed E-state index contributed by atoms with van der Waals surface area (Å²) in [4.78, 5) is 5.39. The van der Waals surface area contributed by atoms with E-state index in [4.69, 9.17) is 22.9 Å². The molecule has 0 radical (unpaired) electrons. The first kappa shape index (κ1) is 22.0. The minimum absolute atomic E-state index is 0.254. The first-order chi connectivity index (χ1) is 15.6. The largest absolute Gasteiger partial charge is 0.393 e. The molecule has 3 nitrogen and oxygen atoms in total. The van der Waals surface area contributed by atoms with Gasteiger partial charge in [-0.05, 0) is 36.0 Å². The molecule has 0 fully saturated rings. The van der Waals surface area contributed by atoms with Crippen molar-refractivity contribution < 1.29 is 0 Å². The number of aromatic nitrogens is 2. The minimum Gasteiger partial charge on any atom is -0.393 e. The van der Waals surface area contributed by atoms with Gasteiger partial charge in [-0.15, -0.1) is 0 Å². The zero-order valence-corrected chi connectivity index (χ0v) is 19.2. The lowest BCUT2D eigenvalue weighted by atomic mass is 9.77. The molecule has 0 saturated heterocycles. The molecule has 162 valence electrons. The molecular formula is C28H29N3S. The number of nitrogens with zero attached hydrogens (tertiary/aromatic N) is 2. The average molecular weight is 440 g/mol. The second-order valence-corrected chi connectivity index (χ2v) is 8.75. The Morgan fingerprint density at radius 1 is 0.875 bits per heavy atom. The fraction of sp³-hybridized carbons (Fsp3) is 0.214. The van der Waals surface area contributed by atoms with Gasteiger partial charge in [0.1, 0.15) is 5.54 Å². The van der Waals surface area contributed by atoms with E-state index in [0.29, 0.717) is 4.99 Å². The van der Waals surface area contributed by atoms with E-state index in [0.717, 1.165) is 25.0 Å². The first-order valence-electron chi connectivity index (χ1n) is 11.1. The normalized spacial score (nSPS) is 12.4. The van der Waals surface area contributed by atoms with Crippen molar-refractivity contribution in [3.63, 3.8) is 0 Å². The van der Waals surface area contributed by atoms with E-state index >= 15 is 0 Å². The number of thiocarbonyl (C=S) groups is 1. The van der Waals surface area contributed by atoms with Crippen LogP contribution in [0.1, 0.15) is 42.1 Å². The number of imidazole rings is 1. The van der Waals surface area contributed by atoms with E-state index < -0.39 is 5.54 Å². The second-order valence-electron chi connectivity index (χ2n) is 8.28. The maximum absolute atomic E-state index is 5.78. The van der Waals surface area contributed by atoms with Crippen LogP contribution in [-0.2, 0) is 12.0 Å². The molecule has 1 aromatic heterocycles. The molecule has 3 aromatic carbocycles. The van der Waals surface area contributed by atoms with E-state index in [9.17, 15) is 0 Å². The van der Waals surface area contributed by atoms with Crippen LogP contribution in [0, 0.1) is 5.92 Å². The Hall–Kier alpha value is -3.24. The fourth-order valence-corrected chi connectivity index (χ4v) is 4.51. The van der Waals surface area contributed by atoms with Gasteiger partial charge in [0, 0.05) is 12.1 Å². The lowest BCUT2D eigenvalue weighted by Crippen LogP contribution is -2.36. The summed E-state index contributed by atoms with van der Waals surface area (Å²) in [7, 11) is 0. The van der Waals surface area contributed by atoms with E-state index in [1.807, 2.05) is 6.33 Å². The smallest absolute Gasteiger partial charge is 0.121 e. The highest BCUT2D eigenvalue weighted by Gasteiger charge is 2.38. The zero-order valence-electron chi connectivity index (χ0n) is 18.4. The summed E-state index contributed by atoms with van der Waals surface area (Å²) in [6, 6.07) is 32.0. The molecule has 4 rings (SSSR count). The third-order valence-corrected chi connectivity index (χ3v) is 6.56. The minimum atomic E-state index is -0.513. The lowest BCUT2D eigenvalue weighted by Gasteiger charge is -2.37. The molecule has 2 N–H and O–H groups in total. The quantitative estimate of drug-likeness (QED) is 0.258. The molecule has 4 aromatic rings. The monoisotopic (exact) mass is 439 g/mol. The molecule has 1 unspecified atom stereocenters. The number of aryl methyl sites for hydroxylation is 1. The van der Waals surface area contributed by atoms with Gasteiger partial charge in [-0.2, -0.15) is 0 Å². The summed E-state index contributed by atoms with van der Waals surface area (Å²) in [5.41, 5.74) is 9.94. The summed E-state index contributed by atoms with van der Waals surface area (Å²) in [6.07, 6.45) is 7.04. The van der Waals surface area contributed by atoms with E-state index in [1.165, 1.54) is 16.7 Å². The van der Waals surface area contributed by atoms with Crippen molar-refractivity contribution in [2.45, 2.75) is 31.7 Å². The van der Waals surface area contributed by atoms with Crippen LogP contribution in [0.3, 0.4) is 0 Å². The highest BCUT2D eigenvalue weighted by atomic mass is 32.1. The maximum Gasteiger partial charge on any atom is 0.121 e. The predicted octanol–water partition coefficient (Wildman–Crippen LogP) is 5.97. The van der Waals surface area contributed by atoms with Crippen LogP contribution in [0.2, 0.25) is 0 Å². The number of benzene rings is 3. The van der Waals surface area contributed by atoms with Crippen LogP contribution in [0.4, 0.5) is 0 Å². The van der Waals surface area contributed by atoms with Gasteiger partial charge in [-0.3, -0.25) is 0 Å². The van der Waals surface area contributed by atoms with Crippen molar-refractivity contribution in [2.75, 3.05) is 0 Å². The topological polar surface area (TPSA) is 43.8 Å². The predicted molar refractivity (Wildman–Crippen MR) is 136 cm³/mol. The van der Waals surface area contributed by atoms with Gasteiger partial charge in [0.25, 0.3) is 0 Å². The number of hydrogen-bond donors (Lipinski definition) is 1. The fourth-order valence-electron chi connectivity index (χ4n) is 4.39. The zero-order chi connectivity index (χ0) is 22.4. The second kappa shape index (κ2) is 9.92. The Balaban J connectivity index is 1.81. The van der Waals surface area contributed by atoms with E-state index in [-0.39, 0.29) is 5.92 Å². The van der Waals surface area contributed by atoms with Crippen molar-refractivity contribution in [1.82, 2.24) is 9.55 Å². The van der Waals surface area contributed by atoms with Crippen molar-refractivity contribution in [3.05, 3.63) is 126 Å². The van der Waals surface area contributed by atoms with Crippen LogP contribution in [-0.4, -0.2) is 14.5 Å². The van der Waals surface area contributed by atoms with Gasteiger partial charge in [0.05, 0.1) is 17.0 Å². The van der Waals surface area contributed by atoms with Crippen molar-refractivity contribution in [3.8, 4) is 0 Å². The molecule has 0 amide bonds. The standard InChI is InChI=1S/C28H29N3S/c1-22(27(29)32)12-11-19-26-20-31(21-30-26)28(23-13-5-2-6-14-23,24-15-7-3-8-16-24)25-17-9-4-10-18-25/h2-10,13-18,20-22H,11-12,19H2,1H3,(H2,29,32). The Kier molecular flexibility index (Phi) is 6.81. The summed E-state index contributed by atoms with van der Waals surface area (Å²) >= 11 is 5.12. The number of rotatable bonds is 9. The van der Waals surface area contributed by atoms with Crippen molar-refractivity contribution in [1.29, 1.82) is 0 Å². The molecule has 4 heteroatoms. The number of hydrogen-bond acceptors (Lipinski definition) is 2. The lowest BCUT2D eigenvalue weighted by molar-refractivity contribution is 0.514. The van der Waals surface area contributed by atoms with Gasteiger partial charge in [0.15, 0.2) is 0 Å². The Bertz CT molecular complexity index is 1040. The molecule has 0 spiro atoms. The molecule has 1 atom stereocenters. The van der Waals surface area contributed by atoms with Gasteiger partial charge >= 0.3 is 0 Å². The summed E-state index contributed by atoms with van der Waals surface area (Å²) in [5, 5.41) is 0. The van der Waals surface area contributed by atoms with Gasteiger partial charge in [0.2, 0.25) is 0 Å². The Labute approximate surface area is 195 Å². The third kappa shape index (κ3) is 4.37. The maximum atomic E-state index is 5.78. The SMILES string of the molecule is CC(CCCc1cn(C(c2ccccc2)(c2ccccc2)c2ccccc2)cn1)C(N)=S. The Morgan fingerprint density at radius 3 is 1.78 bits per heavy atom. The van der Waals surface area contributed by atoms with E-state index in [1.54, 1.807) is 0 Å². The molecule has 0 aliphatic carbocycles. The Morgan fingerprint density at radius 2 is 1.34 bits per heavy atom. The molecule has 0 aliphatic rings. The summed E-state index contributed by atoms with van der Waals surface area (Å²) in [5.74, 6) is 0.254. The molecule has 1 heterocycles. The van der Waals surface area contributed by atoms with Crippen LogP contribution >= 0.6 is 12.2 Å². The van der Waals surface area contributed by atoms with Crippen LogP contribution in [0.25, 0.3) is 0 Å². The highest BCUT2D eigenvalue weighted by Crippen LogP contribution is 2.40. The molecular weight excluding hydrogens is 410 g/mol. The van der Waals surface area contributed by atoms with Crippen LogP contribution in [0.15, 0.2) is 104 Å². The van der Waals surface area contributed by atoms with E-state index in [2.05, 4.69) is 109 Å². The first-order valence-corrected chi connectivity index (χ1v) is 11.5. The van der Waals surface area contributed by atoms with Crippen LogP contribution < -0.4 is 5.73 Å². The molecule has 0 aliphatic heterocycles. The van der Waals surface area contributed by atoms with Gasteiger partial charge in [-0.1, -0.05) is 110 Å². The van der Waals surface area contributed by atoms with Gasteiger partial charge < -0.3 is 10.3 Å². The molecule has 32 heavy (non-hydrogen) atoms. The summed E-state index contributed by atoms with van der Waals surface area (Å²) in [6.45, 7) is 2.09. The summed E-state index contributed by atoms with van der Waals surface area (Å²) < 4.78 is 2.26. The third-order valence-electron chi connectivity index (χ3n) is 6.15. The van der Waals surface area contributed by atoms with Crippen LogP contribution in [0.5, 0.6) is 0 Å². The molecule has 0 bridgehead atoms.